The lowest BCUT2D eigenvalue weighted by Crippen LogP contribution is -1.93. The van der Waals surface area contributed by atoms with Crippen molar-refractivity contribution in [2.45, 2.75) is 13.8 Å². The monoisotopic (exact) mass is 374 g/mol. The Morgan fingerprint density at radius 2 is 1.04 bits per heavy atom. The molecule has 0 bridgehead atoms. The van der Waals surface area contributed by atoms with Crippen LogP contribution in [0.5, 0.6) is 23.0 Å². The molecule has 0 atom stereocenters. The molecule has 0 unspecified atom stereocenters. The molecule has 4 nitrogen and oxygen atoms in total. The van der Waals surface area contributed by atoms with Gasteiger partial charge in [-0.05, 0) is 37.1 Å². The van der Waals surface area contributed by atoms with E-state index in [-0.39, 0.29) is 11.5 Å². The third kappa shape index (κ3) is 2.53. The summed E-state index contributed by atoms with van der Waals surface area (Å²) in [6.45, 7) is 3.88. The third-order valence-corrected chi connectivity index (χ3v) is 5.34. The minimum atomic E-state index is 0.110. The third-order valence-electron chi connectivity index (χ3n) is 5.34. The van der Waals surface area contributed by atoms with E-state index in [9.17, 15) is 10.2 Å². The van der Waals surface area contributed by atoms with Crippen LogP contribution in [-0.2, 0) is 0 Å². The first-order chi connectivity index (χ1) is 13.5. The van der Waals surface area contributed by atoms with Crippen molar-refractivity contribution >= 4 is 21.5 Å². The van der Waals surface area contributed by atoms with E-state index in [2.05, 4.69) is 0 Å². The molecule has 0 radical (unpaired) electrons. The van der Waals surface area contributed by atoms with Crippen molar-refractivity contribution in [3.8, 4) is 34.1 Å². The molecular formula is C24H22O4. The number of benzene rings is 4. The van der Waals surface area contributed by atoms with Gasteiger partial charge in [0.05, 0.1) is 14.2 Å². The molecule has 0 fully saturated rings. The molecule has 0 aliphatic rings. The second-order valence-electron chi connectivity index (χ2n) is 6.94. The number of phenols is 2. The van der Waals surface area contributed by atoms with Gasteiger partial charge in [0.1, 0.15) is 23.0 Å². The molecule has 0 spiro atoms. The van der Waals surface area contributed by atoms with Crippen LogP contribution in [0.25, 0.3) is 32.7 Å². The minimum absolute atomic E-state index is 0.110. The number of fused-ring (bicyclic) bond motifs is 2. The molecule has 0 saturated carbocycles. The molecule has 0 amide bonds. The van der Waals surface area contributed by atoms with Crippen molar-refractivity contribution in [3.05, 3.63) is 59.7 Å². The minimum Gasteiger partial charge on any atom is -0.507 e. The van der Waals surface area contributed by atoms with Crippen LogP contribution in [0.1, 0.15) is 11.1 Å². The number of methoxy groups -OCH3 is 2. The van der Waals surface area contributed by atoms with Crippen LogP contribution in [-0.4, -0.2) is 24.4 Å². The summed E-state index contributed by atoms with van der Waals surface area (Å²) in [5.41, 5.74) is 2.86. The van der Waals surface area contributed by atoms with E-state index in [1.165, 1.54) is 0 Å². The fourth-order valence-corrected chi connectivity index (χ4v) is 3.95. The van der Waals surface area contributed by atoms with Gasteiger partial charge in [0.25, 0.3) is 0 Å². The molecule has 28 heavy (non-hydrogen) atoms. The Balaban J connectivity index is 2.16. The maximum absolute atomic E-state index is 11.1. The summed E-state index contributed by atoms with van der Waals surface area (Å²) < 4.78 is 11.2. The first-order valence-electron chi connectivity index (χ1n) is 9.06. The standard InChI is InChI=1S/C24H22O4/c1-13-7-5-9-15-19(27-3)11-17(23(25)21(13)15)18-12-20(28-4)16-10-6-8-14(2)22(16)24(18)26/h5-12,25-26H,1-4H3. The average molecular weight is 374 g/mol. The van der Waals surface area contributed by atoms with Gasteiger partial charge in [-0.2, -0.15) is 0 Å². The lowest BCUT2D eigenvalue weighted by atomic mass is 9.92. The van der Waals surface area contributed by atoms with Gasteiger partial charge in [-0.1, -0.05) is 36.4 Å². The highest BCUT2D eigenvalue weighted by Gasteiger charge is 2.21. The zero-order chi connectivity index (χ0) is 20.0. The maximum atomic E-state index is 11.1. The van der Waals surface area contributed by atoms with Gasteiger partial charge in [0, 0.05) is 32.7 Å². The number of rotatable bonds is 3. The number of phenolic OH excluding ortho intramolecular Hbond substituents is 2. The Morgan fingerprint density at radius 1 is 0.643 bits per heavy atom. The Morgan fingerprint density at radius 3 is 1.39 bits per heavy atom. The maximum Gasteiger partial charge on any atom is 0.131 e. The SMILES string of the molecule is COc1cc(-c2cc(OC)c3cccc(C)c3c2O)c(O)c2c(C)cccc12. The topological polar surface area (TPSA) is 58.9 Å². The van der Waals surface area contributed by atoms with E-state index in [0.29, 0.717) is 33.4 Å². The zero-order valence-electron chi connectivity index (χ0n) is 16.3. The van der Waals surface area contributed by atoms with Crippen LogP contribution in [0.3, 0.4) is 0 Å². The summed E-state index contributed by atoms with van der Waals surface area (Å²) in [6, 6.07) is 15.1. The molecule has 0 aliphatic heterocycles. The van der Waals surface area contributed by atoms with Crippen molar-refractivity contribution in [3.63, 3.8) is 0 Å². The van der Waals surface area contributed by atoms with E-state index in [1.54, 1.807) is 26.4 Å². The van der Waals surface area contributed by atoms with E-state index in [0.717, 1.165) is 21.9 Å². The van der Waals surface area contributed by atoms with Gasteiger partial charge in [-0.25, -0.2) is 0 Å². The Kier molecular flexibility index (Phi) is 4.27. The predicted molar refractivity (Wildman–Crippen MR) is 113 cm³/mol. The van der Waals surface area contributed by atoms with Crippen LogP contribution in [0.2, 0.25) is 0 Å². The molecule has 0 saturated heterocycles. The molecule has 4 rings (SSSR count). The van der Waals surface area contributed by atoms with Crippen LogP contribution >= 0.6 is 0 Å². The smallest absolute Gasteiger partial charge is 0.131 e. The Labute approximate surface area is 163 Å². The van der Waals surface area contributed by atoms with Crippen molar-refractivity contribution in [2.75, 3.05) is 14.2 Å². The van der Waals surface area contributed by atoms with Crippen LogP contribution in [0.4, 0.5) is 0 Å². The predicted octanol–water partition coefficient (Wildman–Crippen LogP) is 5.71. The average Bonchev–Trinajstić information content (AvgIpc) is 2.69. The highest BCUT2D eigenvalue weighted by Crippen LogP contribution is 2.49. The molecule has 4 aromatic rings. The van der Waals surface area contributed by atoms with Crippen LogP contribution < -0.4 is 9.47 Å². The summed E-state index contributed by atoms with van der Waals surface area (Å²) in [5.74, 6) is 1.49. The fraction of sp³-hybridized carbons (Fsp3) is 0.167. The zero-order valence-corrected chi connectivity index (χ0v) is 16.3. The van der Waals surface area contributed by atoms with Crippen molar-refractivity contribution < 1.29 is 19.7 Å². The van der Waals surface area contributed by atoms with Gasteiger partial charge in [0.2, 0.25) is 0 Å². The van der Waals surface area contributed by atoms with Gasteiger partial charge in [-0.15, -0.1) is 0 Å². The van der Waals surface area contributed by atoms with Gasteiger partial charge >= 0.3 is 0 Å². The lowest BCUT2D eigenvalue weighted by molar-refractivity contribution is 0.417. The summed E-state index contributed by atoms with van der Waals surface area (Å²) >= 11 is 0. The molecule has 142 valence electrons. The molecule has 0 aromatic heterocycles. The lowest BCUT2D eigenvalue weighted by Gasteiger charge is -2.18. The number of hydrogen-bond acceptors (Lipinski definition) is 4. The quantitative estimate of drug-likeness (QED) is 0.482. The van der Waals surface area contributed by atoms with E-state index in [1.807, 2.05) is 50.2 Å². The number of aryl methyl sites for hydroxylation is 2. The number of aromatic hydroxyl groups is 2. The molecular weight excluding hydrogens is 352 g/mol. The normalized spacial score (nSPS) is 11.1. The van der Waals surface area contributed by atoms with Crippen LogP contribution in [0, 0.1) is 13.8 Å². The van der Waals surface area contributed by atoms with Gasteiger partial charge in [0.15, 0.2) is 0 Å². The molecule has 2 N–H and O–H groups in total. The second-order valence-corrected chi connectivity index (χ2v) is 6.94. The summed E-state index contributed by atoms with van der Waals surface area (Å²) in [4.78, 5) is 0. The Hall–Kier alpha value is -3.40. The first kappa shape index (κ1) is 18.0. The van der Waals surface area contributed by atoms with Gasteiger partial charge in [-0.3, -0.25) is 0 Å². The molecule has 0 heterocycles. The fourth-order valence-electron chi connectivity index (χ4n) is 3.95. The number of ether oxygens (including phenoxy) is 2. The second kappa shape index (κ2) is 6.64. The Bertz CT molecular complexity index is 1130. The number of hydrogen-bond donors (Lipinski definition) is 2. The summed E-state index contributed by atoms with van der Waals surface area (Å²) in [5, 5.41) is 25.3. The summed E-state index contributed by atoms with van der Waals surface area (Å²) in [6.07, 6.45) is 0. The molecule has 4 aromatic carbocycles. The largest absolute Gasteiger partial charge is 0.507 e. The van der Waals surface area contributed by atoms with Crippen molar-refractivity contribution in [1.82, 2.24) is 0 Å². The van der Waals surface area contributed by atoms with Crippen molar-refractivity contribution in [1.29, 1.82) is 0 Å². The molecule has 0 aliphatic carbocycles. The first-order valence-corrected chi connectivity index (χ1v) is 9.06. The van der Waals surface area contributed by atoms with E-state index < -0.39 is 0 Å². The highest BCUT2D eigenvalue weighted by atomic mass is 16.5. The van der Waals surface area contributed by atoms with Crippen LogP contribution in [0.15, 0.2) is 48.5 Å². The van der Waals surface area contributed by atoms with Crippen molar-refractivity contribution in [2.24, 2.45) is 0 Å². The van der Waals surface area contributed by atoms with Gasteiger partial charge < -0.3 is 19.7 Å². The van der Waals surface area contributed by atoms with E-state index in [4.69, 9.17) is 9.47 Å². The molecule has 4 heteroatoms. The summed E-state index contributed by atoms with van der Waals surface area (Å²) in [7, 11) is 3.20. The van der Waals surface area contributed by atoms with E-state index >= 15 is 0 Å². The highest BCUT2D eigenvalue weighted by molar-refractivity contribution is 6.06.